The summed E-state index contributed by atoms with van der Waals surface area (Å²) in [6.45, 7) is 3.70. The quantitative estimate of drug-likeness (QED) is 0.785. The van der Waals surface area contributed by atoms with Crippen LogP contribution in [-0.2, 0) is 22.6 Å². The monoisotopic (exact) mass is 377 g/mol. The second-order valence-electron chi connectivity index (χ2n) is 7.91. The van der Waals surface area contributed by atoms with Gasteiger partial charge in [0.05, 0.1) is 5.66 Å². The van der Waals surface area contributed by atoms with Crippen molar-refractivity contribution in [3.8, 4) is 0 Å². The Hall–Kier alpha value is -2.50. The second-order valence-corrected chi connectivity index (χ2v) is 7.91. The molecular weight excluding hydrogens is 350 g/mol. The molecular formula is C23H27N3O2. The molecule has 0 aromatic heterocycles. The Bertz CT molecular complexity index is 847. The van der Waals surface area contributed by atoms with Crippen LogP contribution in [0.5, 0.6) is 0 Å². The van der Waals surface area contributed by atoms with E-state index in [0.29, 0.717) is 13.0 Å². The van der Waals surface area contributed by atoms with Gasteiger partial charge in [-0.3, -0.25) is 14.9 Å². The van der Waals surface area contributed by atoms with E-state index in [-0.39, 0.29) is 11.7 Å². The number of carbonyl (C=O) groups is 2. The third kappa shape index (κ3) is 3.25. The van der Waals surface area contributed by atoms with E-state index in [0.717, 1.165) is 37.1 Å². The summed E-state index contributed by atoms with van der Waals surface area (Å²) in [6.07, 6.45) is 1.95. The van der Waals surface area contributed by atoms with Crippen LogP contribution in [0.4, 0.5) is 0 Å². The van der Waals surface area contributed by atoms with Crippen molar-refractivity contribution in [1.82, 2.24) is 15.5 Å². The second kappa shape index (κ2) is 7.49. The van der Waals surface area contributed by atoms with Crippen LogP contribution < -0.4 is 10.6 Å². The first kappa shape index (κ1) is 18.8. The van der Waals surface area contributed by atoms with E-state index in [1.54, 1.807) is 0 Å². The van der Waals surface area contributed by atoms with Gasteiger partial charge in [0.15, 0.2) is 11.3 Å². The summed E-state index contributed by atoms with van der Waals surface area (Å²) in [4.78, 5) is 28.6. The van der Waals surface area contributed by atoms with Crippen molar-refractivity contribution in [3.63, 3.8) is 0 Å². The average molecular weight is 377 g/mol. The fourth-order valence-corrected chi connectivity index (χ4v) is 4.55. The number of nitrogens with zero attached hydrogens (tertiary/aromatic N) is 1. The molecule has 2 saturated heterocycles. The van der Waals surface area contributed by atoms with Gasteiger partial charge in [-0.25, -0.2) is 0 Å². The predicted molar refractivity (Wildman–Crippen MR) is 109 cm³/mol. The number of amides is 1. The van der Waals surface area contributed by atoms with Crippen LogP contribution in [-0.4, -0.2) is 40.9 Å². The largest absolute Gasteiger partial charge is 0.318 e. The Kier molecular flexibility index (Phi) is 5.04. The standard InChI is InChI=1S/C23H27N3O2/c1-18(27)23(16-19-8-4-2-5-9-19)21(28)26(17-20-10-6-3-7-11-20)22(25-23)12-14-24-15-13-22/h2-11,24-25H,12-17H2,1H3/t23-/m0/s1. The zero-order chi connectivity index (χ0) is 19.6. The number of piperidine rings is 1. The molecule has 2 aliphatic rings. The molecule has 2 N–H and O–H groups in total. The fraction of sp³-hybridized carbons (Fsp3) is 0.391. The summed E-state index contributed by atoms with van der Waals surface area (Å²) in [5, 5.41) is 6.95. The van der Waals surface area contributed by atoms with Gasteiger partial charge in [0, 0.05) is 13.0 Å². The maximum Gasteiger partial charge on any atom is 0.252 e. The highest BCUT2D eigenvalue weighted by Crippen LogP contribution is 2.38. The summed E-state index contributed by atoms with van der Waals surface area (Å²) in [5.41, 5.74) is 0.380. The Morgan fingerprint density at radius 2 is 1.54 bits per heavy atom. The van der Waals surface area contributed by atoms with Crippen molar-refractivity contribution in [2.45, 2.75) is 43.9 Å². The molecule has 146 valence electrons. The summed E-state index contributed by atoms with van der Waals surface area (Å²) >= 11 is 0. The van der Waals surface area contributed by atoms with E-state index in [1.807, 2.05) is 65.6 Å². The van der Waals surface area contributed by atoms with Crippen molar-refractivity contribution in [1.29, 1.82) is 0 Å². The molecule has 2 aliphatic heterocycles. The normalized spacial score (nSPS) is 23.9. The first-order valence-corrected chi connectivity index (χ1v) is 9.97. The third-order valence-electron chi connectivity index (χ3n) is 6.10. The van der Waals surface area contributed by atoms with Crippen molar-refractivity contribution in [2.75, 3.05) is 13.1 Å². The van der Waals surface area contributed by atoms with Gasteiger partial charge in [-0.1, -0.05) is 60.7 Å². The lowest BCUT2D eigenvalue weighted by Gasteiger charge is -2.41. The smallest absolute Gasteiger partial charge is 0.252 e. The van der Waals surface area contributed by atoms with Gasteiger partial charge in [0.25, 0.3) is 5.91 Å². The molecule has 0 bridgehead atoms. The van der Waals surface area contributed by atoms with Crippen LogP contribution in [0, 0.1) is 0 Å². The van der Waals surface area contributed by atoms with Crippen LogP contribution >= 0.6 is 0 Å². The van der Waals surface area contributed by atoms with Gasteiger partial charge in [0.2, 0.25) is 0 Å². The summed E-state index contributed by atoms with van der Waals surface area (Å²) in [7, 11) is 0. The number of ketones is 1. The van der Waals surface area contributed by atoms with E-state index in [4.69, 9.17) is 0 Å². The van der Waals surface area contributed by atoms with Crippen LogP contribution in [0.3, 0.4) is 0 Å². The Labute approximate surface area is 166 Å². The number of Topliss-reactive ketones (excluding diaryl/α,β-unsaturated/α-hetero) is 1. The number of rotatable bonds is 5. The Morgan fingerprint density at radius 3 is 2.11 bits per heavy atom. The van der Waals surface area contributed by atoms with E-state index in [9.17, 15) is 9.59 Å². The molecule has 0 aliphatic carbocycles. The van der Waals surface area contributed by atoms with Crippen LogP contribution in [0.2, 0.25) is 0 Å². The van der Waals surface area contributed by atoms with Crippen molar-refractivity contribution in [2.24, 2.45) is 0 Å². The minimum absolute atomic E-state index is 0.102. The zero-order valence-electron chi connectivity index (χ0n) is 16.3. The molecule has 5 nitrogen and oxygen atoms in total. The third-order valence-corrected chi connectivity index (χ3v) is 6.10. The fourth-order valence-electron chi connectivity index (χ4n) is 4.55. The number of carbonyl (C=O) groups excluding carboxylic acids is 2. The van der Waals surface area contributed by atoms with Gasteiger partial charge >= 0.3 is 0 Å². The lowest BCUT2D eigenvalue weighted by atomic mass is 9.86. The topological polar surface area (TPSA) is 61.4 Å². The maximum absolute atomic E-state index is 13.8. The highest BCUT2D eigenvalue weighted by molar-refractivity contribution is 6.11. The molecule has 1 atom stereocenters. The molecule has 0 saturated carbocycles. The molecule has 2 aromatic rings. The summed E-state index contributed by atoms with van der Waals surface area (Å²) in [6, 6.07) is 19.8. The van der Waals surface area contributed by atoms with E-state index in [1.165, 1.54) is 6.92 Å². The van der Waals surface area contributed by atoms with Gasteiger partial charge in [-0.05, 0) is 44.0 Å². The first-order valence-electron chi connectivity index (χ1n) is 9.97. The number of hydrogen-bond acceptors (Lipinski definition) is 4. The van der Waals surface area contributed by atoms with E-state index >= 15 is 0 Å². The van der Waals surface area contributed by atoms with Crippen LogP contribution in [0.15, 0.2) is 60.7 Å². The van der Waals surface area contributed by atoms with Gasteiger partial charge in [0.1, 0.15) is 0 Å². The van der Waals surface area contributed by atoms with Crippen molar-refractivity contribution < 1.29 is 9.59 Å². The number of hydrogen-bond donors (Lipinski definition) is 2. The molecule has 1 spiro atoms. The van der Waals surface area contributed by atoms with E-state index < -0.39 is 11.2 Å². The molecule has 28 heavy (non-hydrogen) atoms. The average Bonchev–Trinajstić information content (AvgIpc) is 2.93. The van der Waals surface area contributed by atoms with E-state index in [2.05, 4.69) is 10.6 Å². The minimum atomic E-state index is -1.20. The SMILES string of the molecule is CC(=O)[C@]1(Cc2ccccc2)NC2(CCNCC2)N(Cc2ccccc2)C1=O. The lowest BCUT2D eigenvalue weighted by molar-refractivity contribution is -0.140. The molecule has 0 radical (unpaired) electrons. The number of benzene rings is 2. The summed E-state index contributed by atoms with van der Waals surface area (Å²) < 4.78 is 0. The van der Waals surface area contributed by atoms with Crippen LogP contribution in [0.25, 0.3) is 0 Å². The Balaban J connectivity index is 1.73. The first-order chi connectivity index (χ1) is 13.6. The molecule has 2 fully saturated rings. The molecule has 2 heterocycles. The van der Waals surface area contributed by atoms with Crippen LogP contribution in [0.1, 0.15) is 30.9 Å². The van der Waals surface area contributed by atoms with Gasteiger partial charge in [-0.15, -0.1) is 0 Å². The van der Waals surface area contributed by atoms with Crippen molar-refractivity contribution >= 4 is 11.7 Å². The highest BCUT2D eigenvalue weighted by atomic mass is 16.2. The highest BCUT2D eigenvalue weighted by Gasteiger charge is 2.60. The predicted octanol–water partition coefficient (Wildman–Crippen LogP) is 2.27. The maximum atomic E-state index is 13.8. The van der Waals surface area contributed by atoms with Gasteiger partial charge in [-0.2, -0.15) is 0 Å². The van der Waals surface area contributed by atoms with Crippen molar-refractivity contribution in [3.05, 3.63) is 71.8 Å². The molecule has 1 amide bonds. The minimum Gasteiger partial charge on any atom is -0.318 e. The Morgan fingerprint density at radius 1 is 0.964 bits per heavy atom. The summed E-state index contributed by atoms with van der Waals surface area (Å²) in [5.74, 6) is -0.218. The molecule has 5 heteroatoms. The molecule has 2 aromatic carbocycles. The zero-order valence-corrected chi connectivity index (χ0v) is 16.3. The lowest BCUT2D eigenvalue weighted by Crippen LogP contribution is -2.61. The molecule has 4 rings (SSSR count). The number of nitrogens with one attached hydrogen (secondary N) is 2. The van der Waals surface area contributed by atoms with Gasteiger partial charge < -0.3 is 10.2 Å². The molecule has 0 unspecified atom stereocenters.